The van der Waals surface area contributed by atoms with Crippen LogP contribution in [0.2, 0.25) is 0 Å². The van der Waals surface area contributed by atoms with Crippen molar-refractivity contribution in [2.24, 2.45) is 0 Å². The van der Waals surface area contributed by atoms with E-state index in [1.54, 1.807) is 24.3 Å². The minimum absolute atomic E-state index is 0.284. The van der Waals surface area contributed by atoms with Crippen molar-refractivity contribution in [2.45, 2.75) is 57.4 Å². The van der Waals surface area contributed by atoms with Crippen molar-refractivity contribution in [1.82, 2.24) is 10.2 Å². The predicted octanol–water partition coefficient (Wildman–Crippen LogP) is 4.85. The quantitative estimate of drug-likeness (QED) is 0.570. The molecule has 8 heteroatoms. The van der Waals surface area contributed by atoms with Crippen molar-refractivity contribution in [3.05, 3.63) is 48.5 Å². The van der Waals surface area contributed by atoms with E-state index in [0.717, 1.165) is 42.8 Å². The number of rotatable bonds is 7. The van der Waals surface area contributed by atoms with E-state index in [9.17, 15) is 14.4 Å². The molecule has 2 fully saturated rings. The molecule has 1 spiro atoms. The van der Waals surface area contributed by atoms with Gasteiger partial charge < -0.3 is 20.1 Å². The molecule has 0 unspecified atom stereocenters. The highest BCUT2D eigenvalue weighted by molar-refractivity contribution is 6.10. The standard InChI is InChI=1S/C26H31N3O5/c1-2-33-20-12-14-22(15-13-20)34-21-10-8-19(9-11-21)27-23(30)18-29-24(31)26(28-25(29)32)16-6-4-3-5-7-17-26/h8-15H,2-7,16-18H2,1H3,(H,27,30)(H,28,32). The van der Waals surface area contributed by atoms with Crippen LogP contribution >= 0.6 is 0 Å². The molecular weight excluding hydrogens is 434 g/mol. The number of anilines is 1. The number of ether oxygens (including phenoxy) is 2. The SMILES string of the molecule is CCOc1ccc(Oc2ccc(NC(=O)CN3C(=O)NC4(CCCCCCC4)C3=O)cc2)cc1. The lowest BCUT2D eigenvalue weighted by molar-refractivity contribution is -0.134. The first-order chi connectivity index (χ1) is 16.5. The number of hydrogen-bond donors (Lipinski definition) is 2. The Balaban J connectivity index is 1.32. The van der Waals surface area contributed by atoms with Crippen LogP contribution in [0.3, 0.4) is 0 Å². The molecule has 4 rings (SSSR count). The second-order valence-electron chi connectivity index (χ2n) is 8.75. The molecule has 8 nitrogen and oxygen atoms in total. The first-order valence-electron chi connectivity index (χ1n) is 11.9. The second kappa shape index (κ2) is 10.6. The van der Waals surface area contributed by atoms with Crippen LogP contribution in [-0.2, 0) is 9.59 Å². The summed E-state index contributed by atoms with van der Waals surface area (Å²) in [5.41, 5.74) is -0.297. The lowest BCUT2D eigenvalue weighted by atomic mass is 9.84. The fourth-order valence-electron chi connectivity index (χ4n) is 4.52. The Morgan fingerprint density at radius 1 is 0.912 bits per heavy atom. The topological polar surface area (TPSA) is 97.0 Å². The third kappa shape index (κ3) is 5.50. The van der Waals surface area contributed by atoms with Gasteiger partial charge in [-0.3, -0.25) is 14.5 Å². The van der Waals surface area contributed by atoms with Gasteiger partial charge in [-0.1, -0.05) is 32.1 Å². The summed E-state index contributed by atoms with van der Waals surface area (Å²) in [6.07, 6.45) is 6.34. The highest BCUT2D eigenvalue weighted by Crippen LogP contribution is 2.32. The maximum atomic E-state index is 13.1. The third-order valence-corrected chi connectivity index (χ3v) is 6.26. The van der Waals surface area contributed by atoms with Gasteiger partial charge in [0.05, 0.1) is 6.61 Å². The van der Waals surface area contributed by atoms with E-state index in [1.807, 2.05) is 31.2 Å². The van der Waals surface area contributed by atoms with E-state index in [2.05, 4.69) is 10.6 Å². The molecule has 180 valence electrons. The van der Waals surface area contributed by atoms with Crippen molar-refractivity contribution in [1.29, 1.82) is 0 Å². The largest absolute Gasteiger partial charge is 0.494 e. The van der Waals surface area contributed by atoms with Crippen LogP contribution in [0.15, 0.2) is 48.5 Å². The van der Waals surface area contributed by atoms with Gasteiger partial charge in [-0.05, 0) is 68.3 Å². The van der Waals surface area contributed by atoms with Gasteiger partial charge in [-0.15, -0.1) is 0 Å². The molecule has 1 aliphatic heterocycles. The molecule has 2 N–H and O–H groups in total. The fourth-order valence-corrected chi connectivity index (χ4v) is 4.52. The van der Waals surface area contributed by atoms with Crippen molar-refractivity contribution in [3.8, 4) is 17.2 Å². The maximum absolute atomic E-state index is 13.1. The second-order valence-corrected chi connectivity index (χ2v) is 8.75. The number of hydrogen-bond acceptors (Lipinski definition) is 5. The Morgan fingerprint density at radius 3 is 2.09 bits per heavy atom. The summed E-state index contributed by atoms with van der Waals surface area (Å²) >= 11 is 0. The lowest BCUT2D eigenvalue weighted by Crippen LogP contribution is -2.47. The molecule has 1 saturated carbocycles. The van der Waals surface area contributed by atoms with E-state index in [1.165, 1.54) is 0 Å². The average Bonchev–Trinajstić information content (AvgIpc) is 3.04. The maximum Gasteiger partial charge on any atom is 0.325 e. The zero-order valence-corrected chi connectivity index (χ0v) is 19.5. The van der Waals surface area contributed by atoms with Crippen LogP contribution in [0.4, 0.5) is 10.5 Å². The van der Waals surface area contributed by atoms with Crippen LogP contribution in [0.25, 0.3) is 0 Å². The highest BCUT2D eigenvalue weighted by atomic mass is 16.5. The fraction of sp³-hybridized carbons (Fsp3) is 0.423. The molecule has 2 aliphatic rings. The van der Waals surface area contributed by atoms with Crippen molar-refractivity contribution in [3.63, 3.8) is 0 Å². The van der Waals surface area contributed by atoms with Crippen LogP contribution in [0.5, 0.6) is 17.2 Å². The summed E-state index contributed by atoms with van der Waals surface area (Å²) in [7, 11) is 0. The van der Waals surface area contributed by atoms with E-state index in [4.69, 9.17) is 9.47 Å². The van der Waals surface area contributed by atoms with E-state index in [0.29, 0.717) is 36.6 Å². The van der Waals surface area contributed by atoms with Gasteiger partial charge in [-0.25, -0.2) is 4.79 Å². The summed E-state index contributed by atoms with van der Waals surface area (Å²) in [5, 5.41) is 5.63. The first-order valence-corrected chi connectivity index (χ1v) is 11.9. The molecule has 0 aromatic heterocycles. The molecule has 34 heavy (non-hydrogen) atoms. The Kier molecular flexibility index (Phi) is 7.35. The molecule has 1 aliphatic carbocycles. The Bertz CT molecular complexity index is 1010. The van der Waals surface area contributed by atoms with Crippen LogP contribution in [0, 0.1) is 0 Å². The van der Waals surface area contributed by atoms with Gasteiger partial charge in [-0.2, -0.15) is 0 Å². The van der Waals surface area contributed by atoms with Gasteiger partial charge in [0.15, 0.2) is 0 Å². The van der Waals surface area contributed by atoms with Gasteiger partial charge in [0, 0.05) is 5.69 Å². The number of benzene rings is 2. The summed E-state index contributed by atoms with van der Waals surface area (Å²) in [6.45, 7) is 2.22. The first kappa shape index (κ1) is 23.6. The molecule has 0 radical (unpaired) electrons. The summed E-state index contributed by atoms with van der Waals surface area (Å²) in [4.78, 5) is 39.2. The summed E-state index contributed by atoms with van der Waals surface area (Å²) in [6, 6.07) is 13.7. The normalized spacial score (nSPS) is 17.6. The molecule has 2 aromatic rings. The lowest BCUT2D eigenvalue weighted by Gasteiger charge is -2.28. The highest BCUT2D eigenvalue weighted by Gasteiger charge is 2.50. The Labute approximate surface area is 199 Å². The van der Waals surface area contributed by atoms with Crippen LogP contribution < -0.4 is 20.1 Å². The number of nitrogens with zero attached hydrogens (tertiary/aromatic N) is 1. The molecule has 1 saturated heterocycles. The number of amides is 4. The number of urea groups is 1. The van der Waals surface area contributed by atoms with Crippen molar-refractivity contribution in [2.75, 3.05) is 18.5 Å². The number of carbonyl (C=O) groups is 3. The van der Waals surface area contributed by atoms with E-state index in [-0.39, 0.29) is 12.5 Å². The van der Waals surface area contributed by atoms with Crippen molar-refractivity contribution >= 4 is 23.5 Å². The number of nitrogens with one attached hydrogen (secondary N) is 2. The third-order valence-electron chi connectivity index (χ3n) is 6.26. The van der Waals surface area contributed by atoms with Crippen LogP contribution in [0.1, 0.15) is 51.9 Å². The average molecular weight is 466 g/mol. The number of carbonyl (C=O) groups excluding carboxylic acids is 3. The zero-order valence-electron chi connectivity index (χ0n) is 19.5. The summed E-state index contributed by atoms with van der Waals surface area (Å²) < 4.78 is 11.2. The Morgan fingerprint density at radius 2 is 1.47 bits per heavy atom. The molecule has 4 amide bonds. The van der Waals surface area contributed by atoms with Crippen molar-refractivity contribution < 1.29 is 23.9 Å². The molecular formula is C26H31N3O5. The molecule has 2 aromatic carbocycles. The zero-order chi connectivity index (χ0) is 24.0. The monoisotopic (exact) mass is 465 g/mol. The predicted molar refractivity (Wildman–Crippen MR) is 128 cm³/mol. The van der Waals surface area contributed by atoms with Gasteiger partial charge in [0.25, 0.3) is 5.91 Å². The minimum Gasteiger partial charge on any atom is -0.494 e. The number of imide groups is 1. The van der Waals surface area contributed by atoms with Crippen LogP contribution in [-0.4, -0.2) is 41.4 Å². The molecule has 0 bridgehead atoms. The Hall–Kier alpha value is -3.55. The van der Waals surface area contributed by atoms with Gasteiger partial charge in [0.2, 0.25) is 5.91 Å². The molecule has 1 heterocycles. The van der Waals surface area contributed by atoms with E-state index < -0.39 is 17.5 Å². The summed E-state index contributed by atoms with van der Waals surface area (Å²) in [5.74, 6) is 1.35. The smallest absolute Gasteiger partial charge is 0.325 e. The van der Waals surface area contributed by atoms with E-state index >= 15 is 0 Å². The van der Waals surface area contributed by atoms with Gasteiger partial charge in [0.1, 0.15) is 29.3 Å². The molecule has 0 atom stereocenters. The van der Waals surface area contributed by atoms with Gasteiger partial charge >= 0.3 is 6.03 Å². The minimum atomic E-state index is -0.850.